The van der Waals surface area contributed by atoms with Gasteiger partial charge in [0.1, 0.15) is 0 Å². The second-order valence-electron chi connectivity index (χ2n) is 4.83. The van der Waals surface area contributed by atoms with E-state index in [1.165, 1.54) is 5.57 Å². The molecule has 0 N–H and O–H groups in total. The lowest BCUT2D eigenvalue weighted by molar-refractivity contribution is 0.236. The molecule has 3 heteroatoms. The summed E-state index contributed by atoms with van der Waals surface area (Å²) in [6.45, 7) is 7.90. The molecule has 0 amide bonds. The molecule has 0 radical (unpaired) electrons. The van der Waals surface area contributed by atoms with E-state index < -0.39 is 10.9 Å². The molecule has 1 aromatic rings. The largest absolute Gasteiger partial charge is 0.486 e. The Morgan fingerprint density at radius 2 is 1.89 bits per heavy atom. The Hall–Kier alpha value is -1.38. The maximum absolute atomic E-state index is 11.5. The number of unbranched alkanes of at least 4 members (excludes halogenated alkanes) is 1. The van der Waals surface area contributed by atoms with Gasteiger partial charge in [-0.25, -0.2) is 0 Å². The lowest BCUT2D eigenvalue weighted by Crippen LogP contribution is -2.36. The van der Waals surface area contributed by atoms with Gasteiger partial charge in [0.15, 0.2) is 5.75 Å². The molecular formula is C15H22O3. The first-order valence-corrected chi connectivity index (χ1v) is 6.70. The van der Waals surface area contributed by atoms with Crippen LogP contribution in [-0.2, 0) is 0 Å². The molecule has 0 spiro atoms. The van der Waals surface area contributed by atoms with Crippen molar-refractivity contribution in [1.82, 2.24) is 0 Å². The maximum Gasteiger partial charge on any atom is 0.268 e. The van der Waals surface area contributed by atoms with Gasteiger partial charge >= 0.3 is 0 Å². The van der Waals surface area contributed by atoms with Crippen molar-refractivity contribution in [3.05, 3.63) is 31.6 Å². The zero-order chi connectivity index (χ0) is 13.7. The number of allylic oxidation sites excluding steroid dienone is 1. The van der Waals surface area contributed by atoms with E-state index in [0.717, 1.165) is 25.7 Å². The van der Waals surface area contributed by atoms with Crippen LogP contribution in [0.15, 0.2) is 15.2 Å². The number of hydrogen-bond donors (Lipinski definition) is 0. The molecule has 0 fully saturated rings. The average molecular weight is 250 g/mol. The van der Waals surface area contributed by atoms with Gasteiger partial charge in [0.2, 0.25) is 5.43 Å². The van der Waals surface area contributed by atoms with Crippen LogP contribution in [0.3, 0.4) is 0 Å². The van der Waals surface area contributed by atoms with Gasteiger partial charge in [-0.2, -0.15) is 0 Å². The van der Waals surface area contributed by atoms with Crippen molar-refractivity contribution in [2.75, 3.05) is 0 Å². The van der Waals surface area contributed by atoms with Gasteiger partial charge in [0, 0.05) is 0 Å². The molecule has 0 aliphatic rings. The fourth-order valence-corrected chi connectivity index (χ4v) is 1.83. The van der Waals surface area contributed by atoms with Gasteiger partial charge < -0.3 is 4.74 Å². The van der Waals surface area contributed by atoms with Crippen LogP contribution in [0, 0.1) is 0 Å². The molecule has 0 saturated heterocycles. The van der Waals surface area contributed by atoms with Crippen LogP contribution in [0.2, 0.25) is 0 Å². The molecular weight excluding hydrogens is 228 g/mol. The number of rotatable bonds is 7. The Morgan fingerprint density at radius 1 is 1.22 bits per heavy atom. The number of hydrogen-bond acceptors (Lipinski definition) is 3. The van der Waals surface area contributed by atoms with Gasteiger partial charge in [-0.05, 0) is 39.2 Å². The van der Waals surface area contributed by atoms with Crippen LogP contribution >= 0.6 is 0 Å². The minimum absolute atomic E-state index is 0.0823. The predicted octanol–water partition coefficient (Wildman–Crippen LogP) is 3.05. The fraction of sp³-hybridized carbons (Fsp3) is 0.600. The highest BCUT2D eigenvalue weighted by Gasteiger charge is 2.21. The van der Waals surface area contributed by atoms with Gasteiger partial charge in [-0.15, -0.1) is 0 Å². The maximum atomic E-state index is 11.5. The molecule has 1 aromatic carbocycles. The molecule has 0 aliphatic carbocycles. The summed E-state index contributed by atoms with van der Waals surface area (Å²) < 4.78 is 5.40. The number of ether oxygens (including phenoxy) is 1. The fourth-order valence-electron chi connectivity index (χ4n) is 1.83. The zero-order valence-corrected chi connectivity index (χ0v) is 11.7. The smallest absolute Gasteiger partial charge is 0.268 e. The third kappa shape index (κ3) is 3.31. The van der Waals surface area contributed by atoms with Crippen LogP contribution in [-0.4, -0.2) is 6.10 Å². The lowest BCUT2D eigenvalue weighted by atomic mass is 10.00. The van der Waals surface area contributed by atoms with Crippen molar-refractivity contribution in [3.63, 3.8) is 0 Å². The molecule has 1 rings (SSSR count). The van der Waals surface area contributed by atoms with Crippen molar-refractivity contribution in [1.29, 1.82) is 0 Å². The highest BCUT2D eigenvalue weighted by Crippen LogP contribution is 2.20. The van der Waals surface area contributed by atoms with Crippen molar-refractivity contribution in [3.8, 4) is 5.75 Å². The summed E-state index contributed by atoms with van der Waals surface area (Å²) in [6, 6.07) is 0. The second-order valence-corrected chi connectivity index (χ2v) is 4.83. The second kappa shape index (κ2) is 6.53. The lowest BCUT2D eigenvalue weighted by Gasteiger charge is -2.14. The molecule has 0 aliphatic heterocycles. The van der Waals surface area contributed by atoms with E-state index in [4.69, 9.17) is 4.74 Å². The summed E-state index contributed by atoms with van der Waals surface area (Å²) in [5.74, 6) is 0.248. The first kappa shape index (κ1) is 14.7. The minimum Gasteiger partial charge on any atom is -0.486 e. The Morgan fingerprint density at radius 3 is 2.39 bits per heavy atom. The first-order chi connectivity index (χ1) is 8.51. The molecule has 0 unspecified atom stereocenters. The molecule has 100 valence electrons. The van der Waals surface area contributed by atoms with Crippen LogP contribution in [0.25, 0.3) is 6.08 Å². The molecule has 0 saturated carbocycles. The Balaban J connectivity index is 2.95. The third-order valence-electron chi connectivity index (χ3n) is 2.91. The predicted molar refractivity (Wildman–Crippen MR) is 74.9 cm³/mol. The minimum atomic E-state index is -0.485. The van der Waals surface area contributed by atoms with Gasteiger partial charge in [-0.3, -0.25) is 9.59 Å². The zero-order valence-electron chi connectivity index (χ0n) is 11.7. The van der Waals surface area contributed by atoms with Crippen LogP contribution < -0.4 is 15.6 Å². The van der Waals surface area contributed by atoms with Crippen molar-refractivity contribution in [2.24, 2.45) is 0 Å². The van der Waals surface area contributed by atoms with E-state index in [1.54, 1.807) is 0 Å². The summed E-state index contributed by atoms with van der Waals surface area (Å²) in [5, 5.41) is 0. The quantitative estimate of drug-likeness (QED) is 0.698. The highest BCUT2D eigenvalue weighted by molar-refractivity contribution is 5.63. The molecule has 18 heavy (non-hydrogen) atoms. The monoisotopic (exact) mass is 250 g/mol. The molecule has 0 bridgehead atoms. The topological polar surface area (TPSA) is 43.4 Å². The normalized spacial score (nSPS) is 12.4. The summed E-state index contributed by atoms with van der Waals surface area (Å²) in [7, 11) is 0. The van der Waals surface area contributed by atoms with E-state index in [2.05, 4.69) is 13.8 Å². The molecule has 0 aromatic heterocycles. The van der Waals surface area contributed by atoms with Crippen LogP contribution in [0.1, 0.15) is 58.9 Å². The van der Waals surface area contributed by atoms with E-state index in [0.29, 0.717) is 5.56 Å². The highest BCUT2D eigenvalue weighted by atomic mass is 16.5. The van der Waals surface area contributed by atoms with Crippen molar-refractivity contribution < 1.29 is 4.74 Å². The summed E-state index contributed by atoms with van der Waals surface area (Å²) in [4.78, 5) is 23.0. The van der Waals surface area contributed by atoms with Crippen LogP contribution in [0.4, 0.5) is 0 Å². The van der Waals surface area contributed by atoms with Gasteiger partial charge in [0.05, 0.1) is 11.7 Å². The van der Waals surface area contributed by atoms with Crippen molar-refractivity contribution in [2.45, 2.75) is 59.5 Å². The Kier molecular flexibility index (Phi) is 5.32. The van der Waals surface area contributed by atoms with Gasteiger partial charge in [0.25, 0.3) is 5.43 Å². The van der Waals surface area contributed by atoms with E-state index in [1.807, 2.05) is 19.9 Å². The Labute approximate surface area is 108 Å². The van der Waals surface area contributed by atoms with E-state index in [9.17, 15) is 9.59 Å². The summed E-state index contributed by atoms with van der Waals surface area (Å²) in [6.07, 6.45) is 5.87. The average Bonchev–Trinajstić information content (AvgIpc) is 2.36. The molecule has 0 atom stereocenters. The van der Waals surface area contributed by atoms with Crippen LogP contribution in [0.5, 0.6) is 5.75 Å². The summed E-state index contributed by atoms with van der Waals surface area (Å²) >= 11 is 0. The molecule has 0 heterocycles. The SMILES string of the molecule is CCCC/C(=C/c1c(OC(C)C)c(=O)c1=O)CC. The van der Waals surface area contributed by atoms with Crippen molar-refractivity contribution >= 4 is 6.08 Å². The summed E-state index contributed by atoms with van der Waals surface area (Å²) in [5.41, 5.74) is 0.771. The van der Waals surface area contributed by atoms with E-state index in [-0.39, 0.29) is 11.9 Å². The molecule has 3 nitrogen and oxygen atoms in total. The van der Waals surface area contributed by atoms with E-state index >= 15 is 0 Å². The third-order valence-corrected chi connectivity index (χ3v) is 2.91. The standard InChI is InChI=1S/C15H22O3/c1-5-7-8-11(6-2)9-12-13(16)14(17)15(12)18-10(3)4/h9-10H,5-8H2,1-4H3/b11-9+. The van der Waals surface area contributed by atoms with Gasteiger partial charge in [-0.1, -0.05) is 25.8 Å². The first-order valence-electron chi connectivity index (χ1n) is 6.70. The Bertz CT molecular complexity index is 488.